The molecule has 1 amide bonds. The fourth-order valence-electron chi connectivity index (χ4n) is 3.76. The van der Waals surface area contributed by atoms with Crippen LogP contribution in [0.4, 0.5) is 13.2 Å². The fraction of sp³-hybridized carbons (Fsp3) is 0.269. The molecule has 0 radical (unpaired) electrons. The van der Waals surface area contributed by atoms with Crippen molar-refractivity contribution in [2.45, 2.75) is 37.9 Å². The van der Waals surface area contributed by atoms with Crippen molar-refractivity contribution in [2.24, 2.45) is 5.92 Å². The molecule has 0 saturated carbocycles. The zero-order valence-electron chi connectivity index (χ0n) is 20.4. The van der Waals surface area contributed by atoms with Gasteiger partial charge in [-0.1, -0.05) is 25.1 Å². The molecule has 0 saturated heterocycles. The van der Waals surface area contributed by atoms with Crippen LogP contribution in [-0.2, 0) is 27.4 Å². The third kappa shape index (κ3) is 6.49. The van der Waals surface area contributed by atoms with Gasteiger partial charge < -0.3 is 10.4 Å². The molecule has 0 fully saturated rings. The molecule has 0 bridgehead atoms. The van der Waals surface area contributed by atoms with Crippen molar-refractivity contribution < 1.29 is 36.3 Å². The number of benzene rings is 2. The molecule has 0 aliphatic heterocycles. The summed E-state index contributed by atoms with van der Waals surface area (Å²) in [5, 5.41) is 11.7. The highest BCUT2D eigenvalue weighted by Crippen LogP contribution is 2.30. The number of alkyl halides is 3. The summed E-state index contributed by atoms with van der Waals surface area (Å²) in [5.41, 5.74) is -1.22. The number of amides is 1. The van der Waals surface area contributed by atoms with Gasteiger partial charge >= 0.3 is 12.1 Å². The minimum Gasteiger partial charge on any atom is -0.481 e. The number of rotatable bonds is 9. The third-order valence-corrected chi connectivity index (χ3v) is 7.78. The molecule has 0 aliphatic rings. The van der Waals surface area contributed by atoms with Gasteiger partial charge in [-0.2, -0.15) is 13.2 Å². The Balaban J connectivity index is 1.78. The summed E-state index contributed by atoms with van der Waals surface area (Å²) in [4.78, 5) is 36.9. The minimum absolute atomic E-state index is 0.0398. The van der Waals surface area contributed by atoms with E-state index >= 15 is 0 Å². The molecular formula is C26H25F3N2O6S. The number of aliphatic carboxylic acids is 1. The zero-order chi connectivity index (χ0) is 28.3. The van der Waals surface area contributed by atoms with Gasteiger partial charge in [-0.25, -0.2) is 8.42 Å². The number of aromatic nitrogens is 1. The van der Waals surface area contributed by atoms with E-state index in [0.717, 1.165) is 16.7 Å². The van der Waals surface area contributed by atoms with E-state index in [-0.39, 0.29) is 29.1 Å². The lowest BCUT2D eigenvalue weighted by molar-refractivity contribution is -0.141. The van der Waals surface area contributed by atoms with Gasteiger partial charge in [0.25, 0.3) is 11.5 Å². The van der Waals surface area contributed by atoms with Crippen LogP contribution in [0.1, 0.15) is 40.5 Å². The monoisotopic (exact) mass is 550 g/mol. The van der Waals surface area contributed by atoms with Crippen LogP contribution in [0, 0.1) is 12.8 Å². The molecule has 202 valence electrons. The molecule has 1 aromatic heterocycles. The normalized spacial score (nSPS) is 12.7. The van der Waals surface area contributed by atoms with Crippen LogP contribution in [0.5, 0.6) is 0 Å². The van der Waals surface area contributed by atoms with Gasteiger partial charge in [-0.15, -0.1) is 0 Å². The summed E-state index contributed by atoms with van der Waals surface area (Å²) in [5.74, 6) is -3.53. The van der Waals surface area contributed by atoms with E-state index in [2.05, 4.69) is 5.32 Å². The van der Waals surface area contributed by atoms with Crippen molar-refractivity contribution in [3.05, 3.63) is 93.4 Å². The standard InChI is InChI=1S/C26H25F3N2O6S/c1-3-18(25(34)35)15-38(36,37)21-10-8-17(9-11-21)14-30-23(32)22-12-7-16(2)31(24(22)33)20-6-4-5-19(13-20)26(27,28)29/h4-13,18H,3,14-15H2,1-2H3,(H,30,32)(H,34,35). The molecule has 3 aromatic rings. The molecule has 12 heteroatoms. The second-order valence-electron chi connectivity index (χ2n) is 8.63. The molecule has 2 N–H and O–H groups in total. The van der Waals surface area contributed by atoms with Crippen molar-refractivity contribution in [2.75, 3.05) is 5.75 Å². The average molecular weight is 551 g/mol. The van der Waals surface area contributed by atoms with Crippen LogP contribution in [0.25, 0.3) is 5.69 Å². The molecule has 38 heavy (non-hydrogen) atoms. The number of hydrogen-bond acceptors (Lipinski definition) is 5. The van der Waals surface area contributed by atoms with Gasteiger partial charge in [-0.05, 0) is 61.4 Å². The Bertz CT molecular complexity index is 1510. The zero-order valence-corrected chi connectivity index (χ0v) is 21.3. The van der Waals surface area contributed by atoms with Crippen molar-refractivity contribution in [3.8, 4) is 5.69 Å². The average Bonchev–Trinajstić information content (AvgIpc) is 2.85. The van der Waals surface area contributed by atoms with E-state index in [1.165, 1.54) is 55.5 Å². The highest BCUT2D eigenvalue weighted by atomic mass is 32.2. The number of aryl methyl sites for hydroxylation is 1. The molecule has 1 unspecified atom stereocenters. The first-order chi connectivity index (χ1) is 17.7. The van der Waals surface area contributed by atoms with Gasteiger partial charge in [0, 0.05) is 17.9 Å². The molecular weight excluding hydrogens is 525 g/mol. The Morgan fingerprint density at radius 3 is 2.29 bits per heavy atom. The predicted octanol–water partition coefficient (Wildman–Crippen LogP) is 3.98. The largest absolute Gasteiger partial charge is 0.481 e. The van der Waals surface area contributed by atoms with Gasteiger partial charge in [-0.3, -0.25) is 19.0 Å². The number of carboxylic acids is 1. The first kappa shape index (κ1) is 28.6. The second-order valence-corrected chi connectivity index (χ2v) is 10.7. The van der Waals surface area contributed by atoms with Gasteiger partial charge in [0.2, 0.25) is 0 Å². The first-order valence-electron chi connectivity index (χ1n) is 11.5. The van der Waals surface area contributed by atoms with Crippen LogP contribution >= 0.6 is 0 Å². The van der Waals surface area contributed by atoms with Crippen molar-refractivity contribution in [1.82, 2.24) is 9.88 Å². The smallest absolute Gasteiger partial charge is 0.416 e. The molecule has 3 rings (SSSR count). The third-order valence-electron chi connectivity index (χ3n) is 5.95. The Kier molecular flexibility index (Phi) is 8.45. The fourth-order valence-corrected chi connectivity index (χ4v) is 5.41. The molecule has 0 spiro atoms. The van der Waals surface area contributed by atoms with E-state index in [1.807, 2.05) is 0 Å². The SMILES string of the molecule is CCC(CS(=O)(=O)c1ccc(CNC(=O)c2ccc(C)n(-c3cccc(C(F)(F)F)c3)c2=O)cc1)C(=O)O. The summed E-state index contributed by atoms with van der Waals surface area (Å²) < 4.78 is 65.5. The van der Waals surface area contributed by atoms with E-state index in [0.29, 0.717) is 11.3 Å². The maximum atomic E-state index is 13.1. The Morgan fingerprint density at radius 2 is 1.71 bits per heavy atom. The van der Waals surface area contributed by atoms with Crippen LogP contribution in [0.3, 0.4) is 0 Å². The summed E-state index contributed by atoms with van der Waals surface area (Å²) in [6.07, 6.45) is -4.45. The number of carbonyl (C=O) groups is 2. The summed E-state index contributed by atoms with van der Waals surface area (Å²) in [7, 11) is -3.84. The quantitative estimate of drug-likeness (QED) is 0.416. The predicted molar refractivity (Wildman–Crippen MR) is 133 cm³/mol. The van der Waals surface area contributed by atoms with Gasteiger partial charge in [0.15, 0.2) is 9.84 Å². The van der Waals surface area contributed by atoms with Crippen molar-refractivity contribution in [1.29, 1.82) is 0 Å². The van der Waals surface area contributed by atoms with E-state index in [1.54, 1.807) is 6.92 Å². The Morgan fingerprint density at radius 1 is 1.05 bits per heavy atom. The molecule has 8 nitrogen and oxygen atoms in total. The highest BCUT2D eigenvalue weighted by molar-refractivity contribution is 7.91. The number of halogens is 3. The number of carbonyl (C=O) groups excluding carboxylic acids is 1. The van der Waals surface area contributed by atoms with E-state index in [9.17, 15) is 36.0 Å². The molecule has 1 heterocycles. The van der Waals surface area contributed by atoms with Crippen LogP contribution in [-0.4, -0.2) is 35.7 Å². The Hall–Kier alpha value is -3.93. The number of hydrogen-bond donors (Lipinski definition) is 2. The number of pyridine rings is 1. The summed E-state index contributed by atoms with van der Waals surface area (Å²) in [6.45, 7) is 3.05. The first-order valence-corrected chi connectivity index (χ1v) is 13.1. The van der Waals surface area contributed by atoms with Crippen molar-refractivity contribution in [3.63, 3.8) is 0 Å². The second kappa shape index (κ2) is 11.2. The molecule has 2 aromatic carbocycles. The van der Waals surface area contributed by atoms with Crippen molar-refractivity contribution >= 4 is 21.7 Å². The summed E-state index contributed by atoms with van der Waals surface area (Å²) >= 11 is 0. The molecule has 0 aliphatic carbocycles. The van der Waals surface area contributed by atoms with Gasteiger partial charge in [0.05, 0.1) is 22.1 Å². The maximum absolute atomic E-state index is 13.1. The number of nitrogens with zero attached hydrogens (tertiary/aromatic N) is 1. The van der Waals surface area contributed by atoms with Crippen LogP contribution in [0.15, 0.2) is 70.4 Å². The van der Waals surface area contributed by atoms with E-state index < -0.39 is 50.7 Å². The lowest BCUT2D eigenvalue weighted by Gasteiger charge is -2.14. The number of carboxylic acid groups (broad SMARTS) is 1. The summed E-state index contributed by atoms with van der Waals surface area (Å²) in [6, 6.07) is 12.4. The lowest BCUT2D eigenvalue weighted by atomic mass is 10.1. The minimum atomic E-state index is -4.61. The van der Waals surface area contributed by atoms with Gasteiger partial charge in [0.1, 0.15) is 5.56 Å². The Labute approximate surface area is 216 Å². The number of nitrogens with one attached hydrogen (secondary N) is 1. The van der Waals surface area contributed by atoms with Crippen LogP contribution < -0.4 is 10.9 Å². The maximum Gasteiger partial charge on any atom is 0.416 e. The topological polar surface area (TPSA) is 123 Å². The van der Waals surface area contributed by atoms with E-state index in [4.69, 9.17) is 5.11 Å². The number of sulfone groups is 1. The lowest BCUT2D eigenvalue weighted by Crippen LogP contribution is -2.33. The highest BCUT2D eigenvalue weighted by Gasteiger charge is 2.31. The van der Waals surface area contributed by atoms with Crippen LogP contribution in [0.2, 0.25) is 0 Å². The molecule has 1 atom stereocenters.